The van der Waals surface area contributed by atoms with Crippen molar-refractivity contribution in [2.45, 2.75) is 58.6 Å². The van der Waals surface area contributed by atoms with E-state index >= 15 is 0 Å². The molecule has 0 heterocycles. The highest BCUT2D eigenvalue weighted by atomic mass is 28.4. The van der Waals surface area contributed by atoms with Crippen LogP contribution >= 0.6 is 0 Å². The molecule has 0 spiro atoms. The summed E-state index contributed by atoms with van der Waals surface area (Å²) in [5, 5.41) is 18.0. The van der Waals surface area contributed by atoms with Crippen molar-refractivity contribution in [1.82, 2.24) is 0 Å². The first-order chi connectivity index (χ1) is 10.6. The Balaban J connectivity index is 0. The van der Waals surface area contributed by atoms with Crippen molar-refractivity contribution >= 4 is 8.80 Å². The Morgan fingerprint density at radius 3 is 1.74 bits per heavy atom. The van der Waals surface area contributed by atoms with E-state index in [0.717, 1.165) is 25.7 Å². The average molecular weight is 357 g/mol. The molecule has 0 rings (SSSR count). The number of hydrogen-bond acceptors (Lipinski definition) is 6. The summed E-state index contributed by atoms with van der Waals surface area (Å²) in [7, 11) is -2.64. The fraction of sp³-hybridized carbons (Fsp3) is 1.00. The Kier molecular flexibility index (Phi) is 18.4. The van der Waals surface area contributed by atoms with E-state index in [1.54, 1.807) is 0 Å². The topological polar surface area (TPSA) is 109 Å². The van der Waals surface area contributed by atoms with Gasteiger partial charge >= 0.3 is 8.80 Å². The van der Waals surface area contributed by atoms with Crippen LogP contribution < -0.4 is 0 Å². The fourth-order valence-electron chi connectivity index (χ4n) is 1.78. The van der Waals surface area contributed by atoms with Crippen LogP contribution in [0.3, 0.4) is 0 Å². The normalized spacial score (nSPS) is 12.9. The molecule has 0 saturated carbocycles. The molecule has 142 valence electrons. The van der Waals surface area contributed by atoms with E-state index in [4.69, 9.17) is 23.1 Å². The van der Waals surface area contributed by atoms with Crippen molar-refractivity contribution < 1.29 is 33.7 Å². The zero-order chi connectivity index (χ0) is 16.7. The highest BCUT2D eigenvalue weighted by Crippen LogP contribution is 2.19. The van der Waals surface area contributed by atoms with Crippen LogP contribution in [0.4, 0.5) is 0 Å². The number of ether oxygens (including phenoxy) is 1. The summed E-state index contributed by atoms with van der Waals surface area (Å²) >= 11 is 0. The standard InChI is InChI=1S/C15H34O6Si.H2O/c1-4-8-19-22(20-9-5-2,21-10-6-3)12-7-11-18-14-15(17)13-16;/h15-17H,4-14H2,1-3H3;1H2. The van der Waals surface area contributed by atoms with E-state index in [2.05, 4.69) is 20.8 Å². The molecule has 0 amide bonds. The average Bonchev–Trinajstić information content (AvgIpc) is 2.55. The Morgan fingerprint density at radius 2 is 1.35 bits per heavy atom. The lowest BCUT2D eigenvalue weighted by molar-refractivity contribution is 0.00431. The highest BCUT2D eigenvalue weighted by Gasteiger charge is 2.40. The van der Waals surface area contributed by atoms with Gasteiger partial charge in [0.2, 0.25) is 0 Å². The number of rotatable bonds is 16. The minimum Gasteiger partial charge on any atom is -0.412 e. The zero-order valence-electron chi connectivity index (χ0n) is 14.9. The maximum atomic E-state index is 9.23. The van der Waals surface area contributed by atoms with E-state index in [1.807, 2.05) is 0 Å². The van der Waals surface area contributed by atoms with Crippen molar-refractivity contribution in [1.29, 1.82) is 0 Å². The third-order valence-corrected chi connectivity index (χ3v) is 5.77. The molecule has 0 aromatic rings. The van der Waals surface area contributed by atoms with Crippen molar-refractivity contribution in [3.05, 3.63) is 0 Å². The molecular weight excluding hydrogens is 320 g/mol. The first-order valence-corrected chi connectivity index (χ1v) is 10.4. The minimum atomic E-state index is -2.64. The van der Waals surface area contributed by atoms with Crippen molar-refractivity contribution in [3.8, 4) is 0 Å². The van der Waals surface area contributed by atoms with Gasteiger partial charge in [0.25, 0.3) is 0 Å². The van der Waals surface area contributed by atoms with E-state index in [-0.39, 0.29) is 18.7 Å². The molecule has 0 aromatic heterocycles. The summed E-state index contributed by atoms with van der Waals surface area (Å²) in [5.41, 5.74) is 0. The van der Waals surface area contributed by atoms with Gasteiger partial charge in [-0.05, 0) is 25.7 Å². The van der Waals surface area contributed by atoms with Gasteiger partial charge in [-0.15, -0.1) is 0 Å². The van der Waals surface area contributed by atoms with E-state index in [1.165, 1.54) is 0 Å². The van der Waals surface area contributed by atoms with Crippen LogP contribution in [0.5, 0.6) is 0 Å². The van der Waals surface area contributed by atoms with Gasteiger partial charge in [-0.2, -0.15) is 0 Å². The molecule has 0 aliphatic heterocycles. The number of hydrogen-bond donors (Lipinski definition) is 2. The van der Waals surface area contributed by atoms with Gasteiger partial charge in [0.05, 0.1) is 13.2 Å². The van der Waals surface area contributed by atoms with E-state index < -0.39 is 14.9 Å². The van der Waals surface area contributed by atoms with Crippen molar-refractivity contribution in [2.24, 2.45) is 0 Å². The molecular formula is C15H36O7Si. The van der Waals surface area contributed by atoms with E-state index in [9.17, 15) is 5.11 Å². The first kappa shape index (κ1) is 25.2. The van der Waals surface area contributed by atoms with Gasteiger partial charge in [-0.1, -0.05) is 20.8 Å². The molecule has 23 heavy (non-hydrogen) atoms. The minimum absolute atomic E-state index is 0. The Hall–Kier alpha value is -0.0631. The molecule has 1 unspecified atom stereocenters. The monoisotopic (exact) mass is 356 g/mol. The summed E-state index contributed by atoms with van der Waals surface area (Å²) in [6.45, 7) is 8.49. The third kappa shape index (κ3) is 13.0. The van der Waals surface area contributed by atoms with Gasteiger partial charge in [0, 0.05) is 32.5 Å². The highest BCUT2D eigenvalue weighted by molar-refractivity contribution is 6.60. The number of aliphatic hydroxyl groups excluding tert-OH is 2. The first-order valence-electron chi connectivity index (χ1n) is 8.42. The summed E-state index contributed by atoms with van der Waals surface area (Å²) in [5.74, 6) is 0. The molecule has 0 bridgehead atoms. The van der Waals surface area contributed by atoms with Gasteiger partial charge < -0.3 is 33.7 Å². The molecule has 0 radical (unpaired) electrons. The van der Waals surface area contributed by atoms with Crippen LogP contribution in [0, 0.1) is 0 Å². The molecule has 0 aliphatic rings. The molecule has 7 nitrogen and oxygen atoms in total. The fourth-order valence-corrected chi connectivity index (χ4v) is 4.58. The molecule has 8 heteroatoms. The summed E-state index contributed by atoms with van der Waals surface area (Å²) in [6.07, 6.45) is 2.73. The molecule has 4 N–H and O–H groups in total. The molecule has 0 aromatic carbocycles. The van der Waals surface area contributed by atoms with Gasteiger partial charge in [0.15, 0.2) is 0 Å². The predicted octanol–water partition coefficient (Wildman–Crippen LogP) is 1.14. The maximum absolute atomic E-state index is 9.23. The summed E-state index contributed by atoms with van der Waals surface area (Å²) in [6, 6.07) is 0.711. The Bertz CT molecular complexity index is 222. The summed E-state index contributed by atoms with van der Waals surface area (Å²) < 4.78 is 23.3. The lowest BCUT2D eigenvalue weighted by Crippen LogP contribution is -2.46. The lowest BCUT2D eigenvalue weighted by atomic mass is 10.4. The molecule has 0 fully saturated rings. The van der Waals surface area contributed by atoms with Crippen LogP contribution in [0.15, 0.2) is 0 Å². The van der Waals surface area contributed by atoms with Crippen LogP contribution in [0.2, 0.25) is 6.04 Å². The Labute approximate surface area is 141 Å². The van der Waals surface area contributed by atoms with Crippen LogP contribution in [0.1, 0.15) is 46.5 Å². The van der Waals surface area contributed by atoms with Gasteiger partial charge in [-0.25, -0.2) is 0 Å². The second kappa shape index (κ2) is 16.8. The second-order valence-corrected chi connectivity index (χ2v) is 7.98. The summed E-state index contributed by atoms with van der Waals surface area (Å²) in [4.78, 5) is 0. The Morgan fingerprint density at radius 1 is 0.870 bits per heavy atom. The molecule has 0 aliphatic carbocycles. The van der Waals surface area contributed by atoms with Crippen molar-refractivity contribution in [3.63, 3.8) is 0 Å². The van der Waals surface area contributed by atoms with E-state index in [0.29, 0.717) is 32.5 Å². The zero-order valence-corrected chi connectivity index (χ0v) is 15.9. The molecule has 0 saturated heterocycles. The van der Waals surface area contributed by atoms with Crippen LogP contribution in [0.25, 0.3) is 0 Å². The largest absolute Gasteiger partial charge is 0.501 e. The maximum Gasteiger partial charge on any atom is 0.501 e. The van der Waals surface area contributed by atoms with Gasteiger partial charge in [-0.3, -0.25) is 0 Å². The van der Waals surface area contributed by atoms with Crippen LogP contribution in [-0.2, 0) is 18.0 Å². The van der Waals surface area contributed by atoms with Gasteiger partial charge in [0.1, 0.15) is 6.10 Å². The quantitative estimate of drug-likeness (QED) is 0.317. The smallest absolute Gasteiger partial charge is 0.412 e. The van der Waals surface area contributed by atoms with Crippen molar-refractivity contribution in [2.75, 3.05) is 39.6 Å². The third-order valence-electron chi connectivity index (χ3n) is 2.87. The number of aliphatic hydroxyl groups is 2. The molecule has 1 atom stereocenters. The predicted molar refractivity (Wildman–Crippen MR) is 91.4 cm³/mol. The SMILES string of the molecule is CCCO[Si](CCCOCC(O)CO)(OCCC)OCCC.O. The van der Waals surface area contributed by atoms with Crippen LogP contribution in [-0.4, -0.2) is 70.2 Å². The lowest BCUT2D eigenvalue weighted by Gasteiger charge is -2.29. The second-order valence-electron chi connectivity index (χ2n) is 5.24.